The van der Waals surface area contributed by atoms with Crippen LogP contribution < -0.4 is 15.5 Å². The van der Waals surface area contributed by atoms with Crippen molar-refractivity contribution < 1.29 is 14.5 Å². The standard InChI is InChI=1S/C19H26N4O2S/c1-13(2)9-10-20-19(25)22-17(24)12-23-11-5-7-15(23)18-21-14-6-3-4-8-16(14)26-18/h3-4,6,8,13,15H,5,7,9-12H2,1-2H3,(H2,20,22,24,25)/p+1/t15-/m1/s1. The molecule has 140 valence electrons. The molecule has 0 radical (unpaired) electrons. The largest absolute Gasteiger partial charge is 0.338 e. The molecule has 1 aliphatic heterocycles. The number of hydrogen-bond donors (Lipinski definition) is 3. The third-order valence-electron chi connectivity index (χ3n) is 4.74. The van der Waals surface area contributed by atoms with E-state index in [1.165, 1.54) is 9.60 Å². The normalized spacial score (nSPS) is 19.8. The third kappa shape index (κ3) is 4.80. The first kappa shape index (κ1) is 18.8. The van der Waals surface area contributed by atoms with Crippen molar-refractivity contribution in [1.82, 2.24) is 15.6 Å². The highest BCUT2D eigenvalue weighted by Crippen LogP contribution is 2.28. The Morgan fingerprint density at radius 3 is 2.92 bits per heavy atom. The molecule has 6 nitrogen and oxygen atoms in total. The highest BCUT2D eigenvalue weighted by molar-refractivity contribution is 7.18. The number of benzene rings is 1. The van der Waals surface area contributed by atoms with Gasteiger partial charge in [-0.25, -0.2) is 9.78 Å². The summed E-state index contributed by atoms with van der Waals surface area (Å²) >= 11 is 1.71. The molecule has 1 unspecified atom stereocenters. The van der Waals surface area contributed by atoms with E-state index in [0.717, 1.165) is 36.3 Å². The number of aromatic nitrogens is 1. The van der Waals surface area contributed by atoms with Crippen LogP contribution in [0.15, 0.2) is 24.3 Å². The second-order valence-corrected chi connectivity index (χ2v) is 8.35. The highest BCUT2D eigenvalue weighted by atomic mass is 32.1. The Bertz CT molecular complexity index is 741. The number of amides is 3. The van der Waals surface area contributed by atoms with E-state index in [1.54, 1.807) is 11.3 Å². The van der Waals surface area contributed by atoms with Crippen molar-refractivity contribution in [2.24, 2.45) is 5.92 Å². The van der Waals surface area contributed by atoms with Crippen LogP contribution in [-0.2, 0) is 4.79 Å². The average Bonchev–Trinajstić information content (AvgIpc) is 3.20. The number of quaternary nitrogens is 1. The molecule has 0 bridgehead atoms. The van der Waals surface area contributed by atoms with Crippen molar-refractivity contribution in [3.8, 4) is 0 Å². The van der Waals surface area contributed by atoms with Crippen LogP contribution in [0.3, 0.4) is 0 Å². The molecule has 0 spiro atoms. The number of imide groups is 1. The number of hydrogen-bond acceptors (Lipinski definition) is 4. The number of nitrogens with zero attached hydrogens (tertiary/aromatic N) is 1. The summed E-state index contributed by atoms with van der Waals surface area (Å²) in [5.41, 5.74) is 1.02. The summed E-state index contributed by atoms with van der Waals surface area (Å²) < 4.78 is 1.18. The lowest BCUT2D eigenvalue weighted by molar-refractivity contribution is -0.910. The van der Waals surface area contributed by atoms with E-state index in [-0.39, 0.29) is 11.9 Å². The highest BCUT2D eigenvalue weighted by Gasteiger charge is 2.34. The van der Waals surface area contributed by atoms with Gasteiger partial charge >= 0.3 is 6.03 Å². The minimum atomic E-state index is -0.397. The molecule has 0 aliphatic carbocycles. The third-order valence-corrected chi connectivity index (χ3v) is 5.89. The lowest BCUT2D eigenvalue weighted by Crippen LogP contribution is -3.11. The lowest BCUT2D eigenvalue weighted by Gasteiger charge is -2.19. The molecular weight excluding hydrogens is 348 g/mol. The Balaban J connectivity index is 1.55. The molecule has 1 saturated heterocycles. The smallest absolute Gasteiger partial charge is 0.321 e. The molecule has 2 heterocycles. The molecule has 2 atom stereocenters. The number of urea groups is 1. The van der Waals surface area contributed by atoms with E-state index >= 15 is 0 Å². The summed E-state index contributed by atoms with van der Waals surface area (Å²) in [5, 5.41) is 6.28. The van der Waals surface area contributed by atoms with E-state index in [0.29, 0.717) is 19.0 Å². The Morgan fingerprint density at radius 2 is 2.15 bits per heavy atom. The molecule has 3 rings (SSSR count). The van der Waals surface area contributed by atoms with Gasteiger partial charge in [0, 0.05) is 19.4 Å². The Kier molecular flexibility index (Phi) is 6.21. The van der Waals surface area contributed by atoms with Gasteiger partial charge in [0.05, 0.1) is 16.8 Å². The monoisotopic (exact) mass is 375 g/mol. The van der Waals surface area contributed by atoms with E-state index in [1.807, 2.05) is 18.2 Å². The topological polar surface area (TPSA) is 75.5 Å². The first-order valence-corrected chi connectivity index (χ1v) is 10.1. The van der Waals surface area contributed by atoms with Gasteiger partial charge in [-0.3, -0.25) is 10.1 Å². The number of carbonyl (C=O) groups is 2. The molecule has 1 fully saturated rings. The minimum absolute atomic E-state index is 0.227. The number of rotatable bonds is 6. The van der Waals surface area contributed by atoms with Crippen LogP contribution in [0.4, 0.5) is 4.79 Å². The summed E-state index contributed by atoms with van der Waals surface area (Å²) in [7, 11) is 0. The first-order valence-electron chi connectivity index (χ1n) is 9.30. The maximum atomic E-state index is 12.2. The fourth-order valence-electron chi connectivity index (χ4n) is 3.36. The molecule has 26 heavy (non-hydrogen) atoms. The number of likely N-dealkylation sites (tertiary alicyclic amines) is 1. The van der Waals surface area contributed by atoms with Gasteiger partial charge in [-0.15, -0.1) is 11.3 Å². The van der Waals surface area contributed by atoms with Gasteiger partial charge in [0.2, 0.25) is 0 Å². The number of para-hydroxylation sites is 1. The van der Waals surface area contributed by atoms with Crippen molar-refractivity contribution in [3.63, 3.8) is 0 Å². The zero-order valence-electron chi connectivity index (χ0n) is 15.4. The Hall–Kier alpha value is -1.99. The van der Waals surface area contributed by atoms with Gasteiger partial charge in [0.25, 0.3) is 5.91 Å². The molecule has 0 saturated carbocycles. The van der Waals surface area contributed by atoms with Crippen molar-refractivity contribution in [2.75, 3.05) is 19.6 Å². The SMILES string of the molecule is CC(C)CCNC(=O)NC(=O)C[NH+]1CCC[C@@H]1c1nc2ccccc2s1. The van der Waals surface area contributed by atoms with Gasteiger partial charge < -0.3 is 10.2 Å². The van der Waals surface area contributed by atoms with Crippen LogP contribution in [0, 0.1) is 5.92 Å². The quantitative estimate of drug-likeness (QED) is 0.722. The lowest BCUT2D eigenvalue weighted by atomic mass is 10.1. The Morgan fingerprint density at radius 1 is 1.35 bits per heavy atom. The molecule has 2 aromatic rings. The molecule has 1 aromatic carbocycles. The molecule has 1 aliphatic rings. The molecule has 7 heteroatoms. The fourth-order valence-corrected chi connectivity index (χ4v) is 4.52. The van der Waals surface area contributed by atoms with Crippen molar-refractivity contribution >= 4 is 33.5 Å². The van der Waals surface area contributed by atoms with Gasteiger partial charge in [0.15, 0.2) is 11.6 Å². The Labute approximate surface area is 158 Å². The summed E-state index contributed by atoms with van der Waals surface area (Å²) in [4.78, 5) is 30.0. The van der Waals surface area contributed by atoms with Crippen molar-refractivity contribution in [1.29, 1.82) is 0 Å². The zero-order chi connectivity index (χ0) is 18.5. The van der Waals surface area contributed by atoms with E-state index in [4.69, 9.17) is 4.98 Å². The van der Waals surface area contributed by atoms with Gasteiger partial charge in [-0.05, 0) is 24.5 Å². The van der Waals surface area contributed by atoms with E-state index < -0.39 is 6.03 Å². The van der Waals surface area contributed by atoms with Crippen LogP contribution in [-0.4, -0.2) is 36.6 Å². The molecule has 1 aromatic heterocycles. The number of nitrogens with one attached hydrogen (secondary N) is 3. The first-order chi connectivity index (χ1) is 12.5. The van der Waals surface area contributed by atoms with E-state index in [9.17, 15) is 9.59 Å². The number of carbonyl (C=O) groups excluding carboxylic acids is 2. The number of fused-ring (bicyclic) bond motifs is 1. The van der Waals surface area contributed by atoms with Crippen LogP contribution in [0.1, 0.15) is 44.2 Å². The van der Waals surface area contributed by atoms with Crippen LogP contribution in [0.2, 0.25) is 0 Å². The average molecular weight is 376 g/mol. The van der Waals surface area contributed by atoms with Gasteiger partial charge in [0.1, 0.15) is 6.04 Å². The number of thiazole rings is 1. The fraction of sp³-hybridized carbons (Fsp3) is 0.526. The second-order valence-electron chi connectivity index (χ2n) is 7.29. The predicted octanol–water partition coefficient (Wildman–Crippen LogP) is 1.89. The van der Waals surface area contributed by atoms with Gasteiger partial charge in [-0.1, -0.05) is 26.0 Å². The second kappa shape index (κ2) is 8.60. The molecule has 3 N–H and O–H groups in total. The van der Waals surface area contributed by atoms with Gasteiger partial charge in [-0.2, -0.15) is 0 Å². The maximum Gasteiger partial charge on any atom is 0.321 e. The summed E-state index contributed by atoms with van der Waals surface area (Å²) in [6, 6.07) is 7.97. The summed E-state index contributed by atoms with van der Waals surface area (Å²) in [6.45, 7) is 6.02. The predicted molar refractivity (Wildman–Crippen MR) is 103 cm³/mol. The van der Waals surface area contributed by atoms with Crippen LogP contribution in [0.25, 0.3) is 10.2 Å². The summed E-state index contributed by atoms with van der Waals surface area (Å²) in [5.74, 6) is 0.296. The van der Waals surface area contributed by atoms with Crippen LogP contribution >= 0.6 is 11.3 Å². The van der Waals surface area contributed by atoms with E-state index in [2.05, 4.69) is 30.5 Å². The van der Waals surface area contributed by atoms with Crippen LogP contribution in [0.5, 0.6) is 0 Å². The molecular formula is C19H27N4O2S+. The maximum absolute atomic E-state index is 12.2. The summed E-state index contributed by atoms with van der Waals surface area (Å²) in [6.07, 6.45) is 3.01. The van der Waals surface area contributed by atoms with Crippen molar-refractivity contribution in [3.05, 3.63) is 29.3 Å². The van der Waals surface area contributed by atoms with Crippen molar-refractivity contribution in [2.45, 2.75) is 39.2 Å². The molecule has 3 amide bonds. The minimum Gasteiger partial charge on any atom is -0.338 e. The zero-order valence-corrected chi connectivity index (χ0v) is 16.2.